The molecule has 1 aliphatic heterocycles. The van der Waals surface area contributed by atoms with E-state index in [-0.39, 0.29) is 11.8 Å². The first-order valence-electron chi connectivity index (χ1n) is 12.5. The fraction of sp³-hybridized carbons (Fsp3) is 0.161. The zero-order valence-corrected chi connectivity index (χ0v) is 20.4. The second kappa shape index (κ2) is 9.82. The molecular formula is C31H26N4O2. The monoisotopic (exact) mass is 486 g/mol. The molecule has 0 radical (unpaired) electrons. The van der Waals surface area contributed by atoms with E-state index in [0.717, 1.165) is 57.7 Å². The summed E-state index contributed by atoms with van der Waals surface area (Å²) in [5, 5.41) is 3.02. The molecule has 2 aliphatic rings. The van der Waals surface area contributed by atoms with Gasteiger partial charge in [-0.25, -0.2) is 0 Å². The van der Waals surface area contributed by atoms with E-state index in [1.807, 2.05) is 84.0 Å². The van der Waals surface area contributed by atoms with Gasteiger partial charge in [0.25, 0.3) is 0 Å². The van der Waals surface area contributed by atoms with Gasteiger partial charge in [0, 0.05) is 72.5 Å². The number of nitrogens with zero attached hydrogens (tertiary/aromatic N) is 3. The highest BCUT2D eigenvalue weighted by Crippen LogP contribution is 2.34. The third-order valence-corrected chi connectivity index (χ3v) is 6.97. The summed E-state index contributed by atoms with van der Waals surface area (Å²) in [6.45, 7) is 1.27. The Balaban J connectivity index is 1.23. The number of carbonyl (C=O) groups excluding carboxylic acids is 2. The van der Waals surface area contributed by atoms with Crippen LogP contribution in [0, 0.1) is 0 Å². The van der Waals surface area contributed by atoms with Crippen molar-refractivity contribution in [2.45, 2.75) is 25.8 Å². The Morgan fingerprint density at radius 3 is 2.54 bits per heavy atom. The van der Waals surface area contributed by atoms with Gasteiger partial charge in [0.05, 0.1) is 5.69 Å². The summed E-state index contributed by atoms with van der Waals surface area (Å²) in [5.41, 5.74) is 8.57. The Morgan fingerprint density at radius 1 is 0.946 bits per heavy atom. The van der Waals surface area contributed by atoms with Gasteiger partial charge in [-0.15, -0.1) is 0 Å². The summed E-state index contributed by atoms with van der Waals surface area (Å²) >= 11 is 0. The van der Waals surface area contributed by atoms with Crippen molar-refractivity contribution >= 4 is 23.6 Å². The Labute approximate surface area is 215 Å². The van der Waals surface area contributed by atoms with E-state index >= 15 is 0 Å². The molecule has 1 aliphatic carbocycles. The summed E-state index contributed by atoms with van der Waals surface area (Å²) in [4.78, 5) is 35.8. The first-order chi connectivity index (χ1) is 18.2. The lowest BCUT2D eigenvalue weighted by molar-refractivity contribution is -0.118. The number of fused-ring (bicyclic) bond motifs is 1. The van der Waals surface area contributed by atoms with E-state index < -0.39 is 0 Å². The van der Waals surface area contributed by atoms with Crippen LogP contribution in [-0.4, -0.2) is 28.3 Å². The molecule has 0 unspecified atom stereocenters. The number of benzene rings is 2. The van der Waals surface area contributed by atoms with E-state index in [1.54, 1.807) is 6.20 Å². The van der Waals surface area contributed by atoms with Crippen molar-refractivity contribution in [2.75, 3.05) is 11.4 Å². The van der Waals surface area contributed by atoms with Gasteiger partial charge in [0.15, 0.2) is 0 Å². The summed E-state index contributed by atoms with van der Waals surface area (Å²) in [6.07, 6.45) is 9.47. The number of amides is 2. The normalized spacial score (nSPS) is 14.4. The van der Waals surface area contributed by atoms with Crippen LogP contribution in [0.5, 0.6) is 0 Å². The Morgan fingerprint density at radius 2 is 1.76 bits per heavy atom. The van der Waals surface area contributed by atoms with Gasteiger partial charge >= 0.3 is 0 Å². The van der Waals surface area contributed by atoms with Crippen LogP contribution in [0.2, 0.25) is 0 Å². The number of aromatic nitrogens is 2. The Hall–Kier alpha value is -4.58. The van der Waals surface area contributed by atoms with E-state index in [4.69, 9.17) is 0 Å². The fourth-order valence-electron chi connectivity index (χ4n) is 5.01. The molecule has 0 atom stereocenters. The van der Waals surface area contributed by atoms with E-state index in [1.165, 1.54) is 0 Å². The molecule has 2 aromatic carbocycles. The third-order valence-electron chi connectivity index (χ3n) is 6.97. The number of hydrogen-bond acceptors (Lipinski definition) is 4. The SMILES string of the molecule is O=C(NCc1ccccc1)C1=Cc2c(-c3cncc(-c4ccc(N5CCCC5=O)cc4)c3)ccnc2C1. The third kappa shape index (κ3) is 4.66. The predicted molar refractivity (Wildman–Crippen MR) is 144 cm³/mol. The molecular weight excluding hydrogens is 460 g/mol. The van der Waals surface area contributed by atoms with Crippen LogP contribution >= 0.6 is 0 Å². The van der Waals surface area contributed by atoms with Crippen LogP contribution in [0.3, 0.4) is 0 Å². The van der Waals surface area contributed by atoms with Crippen molar-refractivity contribution in [2.24, 2.45) is 0 Å². The number of carbonyl (C=O) groups is 2. The quantitative estimate of drug-likeness (QED) is 0.407. The van der Waals surface area contributed by atoms with Gasteiger partial charge in [0.1, 0.15) is 0 Å². The van der Waals surface area contributed by atoms with Crippen LogP contribution in [0.1, 0.15) is 29.7 Å². The maximum Gasteiger partial charge on any atom is 0.247 e. The van der Waals surface area contributed by atoms with Gasteiger partial charge in [0.2, 0.25) is 11.8 Å². The first-order valence-corrected chi connectivity index (χ1v) is 12.5. The molecule has 3 heterocycles. The predicted octanol–water partition coefficient (Wildman–Crippen LogP) is 5.19. The molecule has 2 amide bonds. The van der Waals surface area contributed by atoms with Crippen LogP contribution in [0.25, 0.3) is 28.3 Å². The minimum Gasteiger partial charge on any atom is -0.348 e. The largest absolute Gasteiger partial charge is 0.348 e. The second-order valence-electron chi connectivity index (χ2n) is 9.39. The molecule has 6 heteroatoms. The van der Waals surface area contributed by atoms with Gasteiger partial charge in [-0.1, -0.05) is 42.5 Å². The molecule has 1 fully saturated rings. The zero-order chi connectivity index (χ0) is 25.2. The molecule has 6 rings (SSSR count). The molecule has 0 bridgehead atoms. The van der Waals surface area contributed by atoms with Gasteiger partial charge < -0.3 is 10.2 Å². The van der Waals surface area contributed by atoms with Gasteiger partial charge in [-0.2, -0.15) is 0 Å². The van der Waals surface area contributed by atoms with Crippen LogP contribution in [0.4, 0.5) is 5.69 Å². The lowest BCUT2D eigenvalue weighted by atomic mass is 9.98. The average Bonchev–Trinajstić information content (AvgIpc) is 3.59. The number of nitrogens with one attached hydrogen (secondary N) is 1. The molecule has 6 nitrogen and oxygen atoms in total. The maximum atomic E-state index is 12.9. The summed E-state index contributed by atoms with van der Waals surface area (Å²) in [6, 6.07) is 22.0. The van der Waals surface area contributed by atoms with Crippen LogP contribution in [0.15, 0.2) is 90.9 Å². The first kappa shape index (κ1) is 22.9. The van der Waals surface area contributed by atoms with Crippen LogP contribution < -0.4 is 10.2 Å². The fourth-order valence-corrected chi connectivity index (χ4v) is 5.01. The van der Waals surface area contributed by atoms with E-state index in [0.29, 0.717) is 25.0 Å². The minimum atomic E-state index is -0.0729. The minimum absolute atomic E-state index is 0.0729. The smallest absolute Gasteiger partial charge is 0.247 e. The van der Waals surface area contributed by atoms with Crippen molar-refractivity contribution in [3.8, 4) is 22.3 Å². The molecule has 0 spiro atoms. The topological polar surface area (TPSA) is 75.2 Å². The molecule has 37 heavy (non-hydrogen) atoms. The number of anilines is 1. The Kier molecular flexibility index (Phi) is 6.06. The van der Waals surface area contributed by atoms with E-state index in [9.17, 15) is 9.59 Å². The molecule has 1 saturated heterocycles. The van der Waals surface area contributed by atoms with Crippen molar-refractivity contribution in [1.82, 2.24) is 15.3 Å². The lowest BCUT2D eigenvalue weighted by Gasteiger charge is -2.16. The van der Waals surface area contributed by atoms with Crippen molar-refractivity contribution in [1.29, 1.82) is 0 Å². The Bertz CT molecular complexity index is 1510. The molecule has 2 aromatic heterocycles. The molecule has 0 saturated carbocycles. The van der Waals surface area contributed by atoms with Crippen molar-refractivity contribution < 1.29 is 9.59 Å². The number of pyridine rings is 2. The highest BCUT2D eigenvalue weighted by Gasteiger charge is 2.23. The summed E-state index contributed by atoms with van der Waals surface area (Å²) < 4.78 is 0. The average molecular weight is 487 g/mol. The highest BCUT2D eigenvalue weighted by atomic mass is 16.2. The summed E-state index contributed by atoms with van der Waals surface area (Å²) in [7, 11) is 0. The molecule has 182 valence electrons. The molecule has 1 N–H and O–H groups in total. The van der Waals surface area contributed by atoms with Gasteiger partial charge in [-0.05, 0) is 53.5 Å². The number of hydrogen-bond donors (Lipinski definition) is 1. The van der Waals surface area contributed by atoms with Crippen LogP contribution in [-0.2, 0) is 22.6 Å². The maximum absolute atomic E-state index is 12.9. The zero-order valence-electron chi connectivity index (χ0n) is 20.4. The highest BCUT2D eigenvalue weighted by molar-refractivity contribution is 6.01. The standard InChI is InChI=1S/C31H26N4O2/c36-30-7-4-14-35(30)26-10-8-22(9-11-26)24-15-25(20-32-19-24)27-12-13-33-29-17-23(16-28(27)29)31(37)34-18-21-5-2-1-3-6-21/h1-3,5-6,8-13,15-16,19-20H,4,7,14,17-18H2,(H,34,37). The number of rotatable bonds is 6. The van der Waals surface area contributed by atoms with Gasteiger partial charge in [-0.3, -0.25) is 19.6 Å². The molecule has 4 aromatic rings. The van der Waals surface area contributed by atoms with Crippen molar-refractivity contribution in [3.05, 3.63) is 108 Å². The van der Waals surface area contributed by atoms with Crippen molar-refractivity contribution in [3.63, 3.8) is 0 Å². The summed E-state index contributed by atoms with van der Waals surface area (Å²) in [5.74, 6) is 0.111. The second-order valence-corrected chi connectivity index (χ2v) is 9.39. The van der Waals surface area contributed by atoms with E-state index in [2.05, 4.69) is 21.4 Å². The lowest BCUT2D eigenvalue weighted by Crippen LogP contribution is -2.24.